The second kappa shape index (κ2) is 7.61. The minimum absolute atomic E-state index is 0.133. The average Bonchev–Trinajstić information content (AvgIpc) is 2.43. The van der Waals surface area contributed by atoms with Crippen LogP contribution in [-0.4, -0.2) is 39.7 Å². The Balaban J connectivity index is 2.67. The third-order valence-electron chi connectivity index (χ3n) is 3.10. The van der Waals surface area contributed by atoms with Crippen molar-refractivity contribution in [1.29, 1.82) is 0 Å². The van der Waals surface area contributed by atoms with Gasteiger partial charge in [0.05, 0.1) is 19.8 Å². The molecule has 0 radical (unpaired) electrons. The van der Waals surface area contributed by atoms with Crippen LogP contribution < -0.4 is 10.1 Å². The number of hydrogen-bond donors (Lipinski definition) is 1. The molecule has 7 heteroatoms. The quantitative estimate of drug-likeness (QED) is 0.748. The van der Waals surface area contributed by atoms with Crippen LogP contribution in [0.5, 0.6) is 5.75 Å². The molecule has 1 rings (SSSR count). The Kier molecular flexibility index (Phi) is 6.42. The van der Waals surface area contributed by atoms with E-state index in [2.05, 4.69) is 5.32 Å². The standard InChI is InChI=1S/C14H19F4NO2/c1-9-6-10(20-3)4-5-11(9)12(19-2)7-21-8-14(17,18)13(15)16/h4-6,12-13,19H,7-8H2,1-3H3. The van der Waals surface area contributed by atoms with Gasteiger partial charge in [-0.25, -0.2) is 8.78 Å². The third-order valence-corrected chi connectivity index (χ3v) is 3.10. The highest BCUT2D eigenvalue weighted by Gasteiger charge is 2.41. The van der Waals surface area contributed by atoms with Crippen molar-refractivity contribution in [2.24, 2.45) is 0 Å². The van der Waals surface area contributed by atoms with Crippen LogP contribution in [-0.2, 0) is 4.74 Å². The SMILES string of the molecule is CNC(COCC(F)(F)C(F)F)c1ccc(OC)cc1C. The van der Waals surface area contributed by atoms with Crippen molar-refractivity contribution >= 4 is 0 Å². The summed E-state index contributed by atoms with van der Waals surface area (Å²) in [5.74, 6) is -3.45. The van der Waals surface area contributed by atoms with Crippen LogP contribution in [0.4, 0.5) is 17.6 Å². The zero-order valence-corrected chi connectivity index (χ0v) is 12.1. The molecule has 0 aliphatic carbocycles. The minimum atomic E-state index is -4.13. The maximum Gasteiger partial charge on any atom is 0.330 e. The molecule has 0 bridgehead atoms. The molecular formula is C14H19F4NO2. The lowest BCUT2D eigenvalue weighted by Gasteiger charge is -2.21. The van der Waals surface area contributed by atoms with Crippen LogP contribution in [0.15, 0.2) is 18.2 Å². The van der Waals surface area contributed by atoms with Gasteiger partial charge in [0.1, 0.15) is 12.4 Å². The van der Waals surface area contributed by atoms with Gasteiger partial charge >= 0.3 is 12.3 Å². The van der Waals surface area contributed by atoms with Crippen molar-refractivity contribution in [2.75, 3.05) is 27.4 Å². The van der Waals surface area contributed by atoms with Gasteiger partial charge in [0.25, 0.3) is 0 Å². The summed E-state index contributed by atoms with van der Waals surface area (Å²) in [5.41, 5.74) is 1.72. The smallest absolute Gasteiger partial charge is 0.330 e. The van der Waals surface area contributed by atoms with Crippen LogP contribution in [0, 0.1) is 6.92 Å². The summed E-state index contributed by atoms with van der Waals surface area (Å²) in [4.78, 5) is 0. The number of ether oxygens (including phenoxy) is 2. The minimum Gasteiger partial charge on any atom is -0.497 e. The van der Waals surface area contributed by atoms with Crippen LogP contribution in [0.2, 0.25) is 0 Å². The van der Waals surface area contributed by atoms with Gasteiger partial charge in [-0.2, -0.15) is 8.78 Å². The van der Waals surface area contributed by atoms with Crippen molar-refractivity contribution in [3.63, 3.8) is 0 Å². The Morgan fingerprint density at radius 3 is 2.43 bits per heavy atom. The predicted octanol–water partition coefficient (Wildman–Crippen LogP) is 3.18. The molecule has 120 valence electrons. The molecule has 21 heavy (non-hydrogen) atoms. The van der Waals surface area contributed by atoms with E-state index in [9.17, 15) is 17.6 Å². The molecule has 0 spiro atoms. The highest BCUT2D eigenvalue weighted by atomic mass is 19.3. The van der Waals surface area contributed by atoms with Crippen LogP contribution in [0.3, 0.4) is 0 Å². The molecule has 0 aliphatic heterocycles. The molecule has 0 saturated heterocycles. The molecule has 0 aliphatic rings. The number of nitrogens with one attached hydrogen (secondary N) is 1. The van der Waals surface area contributed by atoms with Gasteiger partial charge < -0.3 is 14.8 Å². The molecule has 1 N–H and O–H groups in total. The normalized spacial score (nSPS) is 13.5. The fourth-order valence-corrected chi connectivity index (χ4v) is 1.87. The van der Waals surface area contributed by atoms with Crippen molar-refractivity contribution in [3.05, 3.63) is 29.3 Å². The number of hydrogen-bond acceptors (Lipinski definition) is 3. The van der Waals surface area contributed by atoms with E-state index in [4.69, 9.17) is 9.47 Å². The summed E-state index contributed by atoms with van der Waals surface area (Å²) in [6, 6.07) is 4.95. The van der Waals surface area contributed by atoms with Crippen molar-refractivity contribution < 1.29 is 27.0 Å². The van der Waals surface area contributed by atoms with E-state index >= 15 is 0 Å². The molecule has 1 aromatic rings. The number of halogens is 4. The summed E-state index contributed by atoms with van der Waals surface area (Å²) < 4.78 is 59.4. The second-order valence-electron chi connectivity index (χ2n) is 4.64. The number of benzene rings is 1. The van der Waals surface area contributed by atoms with Gasteiger partial charge in [-0.15, -0.1) is 0 Å². The van der Waals surface area contributed by atoms with E-state index < -0.39 is 19.0 Å². The van der Waals surface area contributed by atoms with Gasteiger partial charge in [-0.05, 0) is 37.2 Å². The molecule has 1 aromatic carbocycles. The Morgan fingerprint density at radius 2 is 1.95 bits per heavy atom. The van der Waals surface area contributed by atoms with E-state index in [1.54, 1.807) is 32.4 Å². The van der Waals surface area contributed by atoms with E-state index in [1.807, 2.05) is 6.92 Å². The lowest BCUT2D eigenvalue weighted by atomic mass is 10.0. The second-order valence-corrected chi connectivity index (χ2v) is 4.64. The zero-order valence-electron chi connectivity index (χ0n) is 12.1. The molecule has 0 heterocycles. The summed E-state index contributed by atoms with van der Waals surface area (Å²) >= 11 is 0. The lowest BCUT2D eigenvalue weighted by molar-refractivity contribution is -0.167. The molecular weight excluding hydrogens is 290 g/mol. The molecule has 3 nitrogen and oxygen atoms in total. The first-order valence-corrected chi connectivity index (χ1v) is 6.37. The zero-order chi connectivity index (χ0) is 16.0. The Hall–Kier alpha value is -1.34. The maximum absolute atomic E-state index is 12.8. The van der Waals surface area contributed by atoms with Crippen LogP contribution in [0.1, 0.15) is 17.2 Å². The average molecular weight is 309 g/mol. The highest BCUT2D eigenvalue weighted by molar-refractivity contribution is 5.36. The summed E-state index contributed by atoms with van der Waals surface area (Å²) in [6.07, 6.45) is -3.73. The van der Waals surface area contributed by atoms with E-state index in [0.29, 0.717) is 5.75 Å². The number of alkyl halides is 4. The van der Waals surface area contributed by atoms with Gasteiger partial charge in [0.2, 0.25) is 0 Å². The summed E-state index contributed by atoms with van der Waals surface area (Å²) in [7, 11) is 3.18. The van der Waals surface area contributed by atoms with E-state index in [1.165, 1.54) is 0 Å². The number of likely N-dealkylation sites (N-methyl/N-ethyl adjacent to an activating group) is 1. The first-order valence-electron chi connectivity index (χ1n) is 6.37. The van der Waals surface area contributed by atoms with Gasteiger partial charge in [0.15, 0.2) is 0 Å². The number of methoxy groups -OCH3 is 1. The third kappa shape index (κ3) is 4.86. The first-order chi connectivity index (χ1) is 9.81. The molecule has 1 atom stereocenters. The maximum atomic E-state index is 12.8. The van der Waals surface area contributed by atoms with Crippen LogP contribution in [0.25, 0.3) is 0 Å². The van der Waals surface area contributed by atoms with Crippen molar-refractivity contribution in [3.8, 4) is 5.75 Å². The van der Waals surface area contributed by atoms with Gasteiger partial charge in [-0.1, -0.05) is 6.07 Å². The number of aryl methyl sites for hydroxylation is 1. The van der Waals surface area contributed by atoms with Crippen LogP contribution >= 0.6 is 0 Å². The topological polar surface area (TPSA) is 30.5 Å². The predicted molar refractivity (Wildman–Crippen MR) is 71.3 cm³/mol. The van der Waals surface area contributed by atoms with E-state index in [0.717, 1.165) is 11.1 Å². The largest absolute Gasteiger partial charge is 0.497 e. The van der Waals surface area contributed by atoms with Crippen molar-refractivity contribution in [2.45, 2.75) is 25.3 Å². The fourth-order valence-electron chi connectivity index (χ4n) is 1.87. The summed E-state index contributed by atoms with van der Waals surface area (Å²) in [6.45, 7) is 0.403. The number of rotatable bonds is 8. The van der Waals surface area contributed by atoms with Crippen molar-refractivity contribution in [1.82, 2.24) is 5.32 Å². The molecule has 0 aromatic heterocycles. The van der Waals surface area contributed by atoms with Gasteiger partial charge in [0, 0.05) is 0 Å². The Labute approximate surface area is 121 Å². The molecule has 1 unspecified atom stereocenters. The first kappa shape index (κ1) is 17.7. The van der Waals surface area contributed by atoms with Gasteiger partial charge in [-0.3, -0.25) is 0 Å². The monoisotopic (exact) mass is 309 g/mol. The summed E-state index contributed by atoms with van der Waals surface area (Å²) in [5, 5.41) is 2.91. The Morgan fingerprint density at radius 1 is 1.29 bits per heavy atom. The molecule has 0 saturated carbocycles. The highest BCUT2D eigenvalue weighted by Crippen LogP contribution is 2.25. The Bertz CT molecular complexity index is 455. The lowest BCUT2D eigenvalue weighted by Crippen LogP contribution is -2.34. The van der Waals surface area contributed by atoms with E-state index in [-0.39, 0.29) is 12.6 Å². The molecule has 0 fully saturated rings. The fraction of sp³-hybridized carbons (Fsp3) is 0.571. The molecule has 0 amide bonds.